The van der Waals surface area contributed by atoms with Crippen LogP contribution in [-0.2, 0) is 28.6 Å². The van der Waals surface area contributed by atoms with Crippen molar-refractivity contribution in [2.75, 3.05) is 0 Å². The first kappa shape index (κ1) is 25.2. The smallest absolute Gasteiger partial charge is 0.309 e. The van der Waals surface area contributed by atoms with E-state index in [1.165, 1.54) is 6.92 Å². The van der Waals surface area contributed by atoms with E-state index in [0.717, 1.165) is 32.1 Å². The summed E-state index contributed by atoms with van der Waals surface area (Å²) < 4.78 is 19.4. The number of aliphatic hydroxyl groups excluding tert-OH is 1. The molecule has 2 spiro atoms. The number of esters is 2. The van der Waals surface area contributed by atoms with E-state index in [0.29, 0.717) is 19.3 Å². The summed E-state index contributed by atoms with van der Waals surface area (Å²) in [6.45, 7) is 11.1. The molecule has 1 unspecified atom stereocenters. The van der Waals surface area contributed by atoms with Crippen LogP contribution in [0.3, 0.4) is 0 Å². The van der Waals surface area contributed by atoms with E-state index in [9.17, 15) is 19.5 Å². The van der Waals surface area contributed by atoms with Crippen LogP contribution < -0.4 is 0 Å². The summed E-state index contributed by atoms with van der Waals surface area (Å²) in [4.78, 5) is 38.7. The zero-order valence-corrected chi connectivity index (χ0v) is 22.1. The molecule has 0 bridgehead atoms. The highest BCUT2D eigenvalue weighted by Crippen LogP contribution is 2.81. The predicted octanol–water partition coefficient (Wildman–Crippen LogP) is 3.98. The fraction of sp³-hybridized carbons (Fsp3) is 0.893. The minimum atomic E-state index is -0.765. The van der Waals surface area contributed by atoms with Crippen LogP contribution in [0.2, 0.25) is 0 Å². The number of carbonyl (C=O) groups excluding carboxylic acids is 3. The van der Waals surface area contributed by atoms with Crippen molar-refractivity contribution in [1.82, 2.24) is 0 Å². The third-order valence-electron chi connectivity index (χ3n) is 11.2. The molecular formula is C28H42O7. The van der Waals surface area contributed by atoms with Crippen LogP contribution in [0.5, 0.6) is 0 Å². The van der Waals surface area contributed by atoms with E-state index < -0.39 is 34.8 Å². The molecule has 1 saturated heterocycles. The summed E-state index contributed by atoms with van der Waals surface area (Å²) in [5, 5.41) is 10.5. The second-order valence-corrected chi connectivity index (χ2v) is 12.7. The van der Waals surface area contributed by atoms with Crippen molar-refractivity contribution in [1.29, 1.82) is 0 Å². The van der Waals surface area contributed by atoms with Gasteiger partial charge in [-0.3, -0.25) is 14.4 Å². The lowest BCUT2D eigenvalue weighted by Crippen LogP contribution is -2.70. The number of Topliss-reactive ketones (excluding diaryl/α,β-unsaturated/α-hetero) is 1. The van der Waals surface area contributed by atoms with Crippen molar-refractivity contribution in [3.05, 3.63) is 0 Å². The Bertz CT molecular complexity index is 932. The number of carbonyl (C=O) groups is 3. The Hall–Kier alpha value is -1.47. The van der Waals surface area contributed by atoms with Crippen molar-refractivity contribution >= 4 is 17.7 Å². The van der Waals surface area contributed by atoms with Crippen molar-refractivity contribution in [3.8, 4) is 0 Å². The molecule has 4 saturated carbocycles. The molecular weight excluding hydrogens is 448 g/mol. The first-order valence-electron chi connectivity index (χ1n) is 13.6. The number of hydrogen-bond acceptors (Lipinski definition) is 7. The minimum absolute atomic E-state index is 0.0679. The largest absolute Gasteiger partial charge is 0.458 e. The summed E-state index contributed by atoms with van der Waals surface area (Å²) in [6.07, 6.45) is 4.31. The maximum absolute atomic E-state index is 13.3. The van der Waals surface area contributed by atoms with Gasteiger partial charge in [0.25, 0.3) is 0 Å². The summed E-state index contributed by atoms with van der Waals surface area (Å²) in [5.74, 6) is -1.14. The molecule has 196 valence electrons. The predicted molar refractivity (Wildman–Crippen MR) is 127 cm³/mol. The molecule has 1 heterocycles. The summed E-state index contributed by atoms with van der Waals surface area (Å²) >= 11 is 0. The van der Waals surface area contributed by atoms with E-state index in [2.05, 4.69) is 6.92 Å². The molecule has 1 aliphatic heterocycles. The molecule has 7 heteroatoms. The first-order chi connectivity index (χ1) is 16.4. The zero-order valence-electron chi connectivity index (χ0n) is 22.1. The number of epoxide rings is 1. The van der Waals surface area contributed by atoms with Gasteiger partial charge in [-0.05, 0) is 69.6 Å². The molecule has 5 fully saturated rings. The maximum Gasteiger partial charge on any atom is 0.309 e. The lowest BCUT2D eigenvalue weighted by atomic mass is 9.43. The van der Waals surface area contributed by atoms with E-state index in [1.807, 2.05) is 20.8 Å². The highest BCUT2D eigenvalue weighted by atomic mass is 16.7. The average molecular weight is 491 g/mol. The van der Waals surface area contributed by atoms with Crippen molar-refractivity contribution in [3.63, 3.8) is 0 Å². The highest BCUT2D eigenvalue weighted by Gasteiger charge is 2.91. The standard InChI is InChI=1S/C28H42O7/c1-7-15(2)24(32)34-21-22-25(5)11-9-19(31)14-18(25)8-12-27(22)28(35-27)13-10-20(16(3)29)26(28,6)23(21)33-17(4)30/h15,18-23,31H,7-14H2,1-6H3/t15?,18-,19-,20-,21-,22+,23+,25-,26-,27-,28+/m0/s1. The molecule has 0 amide bonds. The average Bonchev–Trinajstić information content (AvgIpc) is 3.34. The van der Waals surface area contributed by atoms with E-state index in [1.54, 1.807) is 6.92 Å². The van der Waals surface area contributed by atoms with Crippen LogP contribution in [-0.4, -0.2) is 52.3 Å². The normalized spacial score (nSPS) is 50.6. The third-order valence-corrected chi connectivity index (χ3v) is 11.2. The molecule has 0 radical (unpaired) electrons. The van der Waals surface area contributed by atoms with Gasteiger partial charge in [0, 0.05) is 24.2 Å². The highest BCUT2D eigenvalue weighted by molar-refractivity contribution is 5.81. The van der Waals surface area contributed by atoms with Gasteiger partial charge in [-0.2, -0.15) is 0 Å². The first-order valence-corrected chi connectivity index (χ1v) is 13.6. The molecule has 0 aromatic rings. The number of hydrogen-bond donors (Lipinski definition) is 1. The van der Waals surface area contributed by atoms with Gasteiger partial charge >= 0.3 is 11.9 Å². The quantitative estimate of drug-likeness (QED) is 0.459. The molecule has 5 rings (SSSR count). The second kappa shape index (κ2) is 8.01. The Labute approximate surface area is 208 Å². The number of rotatable bonds is 5. The fourth-order valence-corrected chi connectivity index (χ4v) is 9.34. The van der Waals surface area contributed by atoms with Gasteiger partial charge < -0.3 is 19.3 Å². The van der Waals surface area contributed by atoms with Crippen LogP contribution in [0, 0.1) is 34.5 Å². The molecule has 11 atom stereocenters. The van der Waals surface area contributed by atoms with Gasteiger partial charge in [-0.15, -0.1) is 0 Å². The fourth-order valence-electron chi connectivity index (χ4n) is 9.34. The number of ketones is 1. The Kier molecular flexibility index (Phi) is 5.77. The minimum Gasteiger partial charge on any atom is -0.458 e. The molecule has 1 N–H and O–H groups in total. The zero-order chi connectivity index (χ0) is 25.6. The number of aliphatic hydroxyl groups is 1. The van der Waals surface area contributed by atoms with Crippen molar-refractivity contribution in [2.24, 2.45) is 34.5 Å². The maximum atomic E-state index is 13.3. The van der Waals surface area contributed by atoms with Gasteiger partial charge in [0.1, 0.15) is 29.2 Å². The molecule has 7 nitrogen and oxygen atoms in total. The molecule has 5 aliphatic rings. The SMILES string of the molecule is CCC(C)C(=O)O[C@@H]1[C@@H](OC(C)=O)[C@]2(C)[C@H](C(C)=O)CC[C@@]23O[C@]32CC[C@H]3C[C@@H](O)CC[C@]3(C)[C@@H]12. The summed E-state index contributed by atoms with van der Waals surface area (Å²) in [7, 11) is 0. The Morgan fingerprint density at radius 1 is 1.06 bits per heavy atom. The van der Waals surface area contributed by atoms with Crippen LogP contribution >= 0.6 is 0 Å². The lowest BCUT2D eigenvalue weighted by Gasteiger charge is -2.61. The van der Waals surface area contributed by atoms with Crippen LogP contribution in [0.25, 0.3) is 0 Å². The monoisotopic (exact) mass is 490 g/mol. The van der Waals surface area contributed by atoms with Gasteiger partial charge in [0.15, 0.2) is 0 Å². The van der Waals surface area contributed by atoms with Crippen LogP contribution in [0.4, 0.5) is 0 Å². The van der Waals surface area contributed by atoms with Gasteiger partial charge in [0.2, 0.25) is 0 Å². The number of fused-ring (bicyclic) bond motifs is 2. The molecule has 0 aromatic carbocycles. The molecule has 35 heavy (non-hydrogen) atoms. The summed E-state index contributed by atoms with van der Waals surface area (Å²) in [5.41, 5.74) is -2.06. The Morgan fingerprint density at radius 2 is 1.77 bits per heavy atom. The van der Waals surface area contributed by atoms with Crippen LogP contribution in [0.1, 0.15) is 92.9 Å². The van der Waals surface area contributed by atoms with E-state index in [-0.39, 0.29) is 46.9 Å². The van der Waals surface area contributed by atoms with E-state index >= 15 is 0 Å². The summed E-state index contributed by atoms with van der Waals surface area (Å²) in [6, 6.07) is 0. The van der Waals surface area contributed by atoms with Crippen LogP contribution in [0.15, 0.2) is 0 Å². The van der Waals surface area contributed by atoms with Gasteiger partial charge in [0.05, 0.1) is 12.0 Å². The Morgan fingerprint density at radius 3 is 2.40 bits per heavy atom. The van der Waals surface area contributed by atoms with Crippen molar-refractivity contribution < 1.29 is 33.7 Å². The topological polar surface area (TPSA) is 102 Å². The van der Waals surface area contributed by atoms with E-state index in [4.69, 9.17) is 14.2 Å². The molecule has 4 aliphatic carbocycles. The Balaban J connectivity index is 1.68. The lowest BCUT2D eigenvalue weighted by molar-refractivity contribution is -0.226. The van der Waals surface area contributed by atoms with Gasteiger partial charge in [-0.1, -0.05) is 27.7 Å². The molecule has 0 aromatic heterocycles. The third kappa shape index (κ3) is 3.12. The van der Waals surface area contributed by atoms with Gasteiger partial charge in [-0.25, -0.2) is 0 Å². The van der Waals surface area contributed by atoms with Crippen molar-refractivity contribution in [2.45, 2.75) is 122 Å². The number of ether oxygens (including phenoxy) is 3. The second-order valence-electron chi connectivity index (χ2n) is 12.7.